The predicted octanol–water partition coefficient (Wildman–Crippen LogP) is 6.14. The Morgan fingerprint density at radius 2 is 1.39 bits per heavy atom. The average molecular weight is 445 g/mol. The fourth-order valence-corrected chi connectivity index (χ4v) is 10.7. The highest BCUT2D eigenvalue weighted by molar-refractivity contribution is 7.05. The zero-order valence-electron chi connectivity index (χ0n) is 19.7. The van der Waals surface area contributed by atoms with Crippen molar-refractivity contribution in [2.75, 3.05) is 0 Å². The Morgan fingerprint density at radius 3 is 2.15 bits per heavy atom. The summed E-state index contributed by atoms with van der Waals surface area (Å²) >= 11 is 0. The summed E-state index contributed by atoms with van der Waals surface area (Å²) in [6.07, 6.45) is 2.21. The van der Waals surface area contributed by atoms with E-state index in [0.29, 0.717) is 0 Å². The standard InChI is InChI=1S/C30H26NOSi/c1-17-20-10-6-7-11-21(20)18(2)29-25(17)28-26-19(14-15-31(28)3)16-24-27(30(26)33(29,4)5)22-12-8-9-13-23(22)32-24/h6-16H,1-5H3/q+1. The maximum Gasteiger partial charge on any atom is 0.220 e. The zero-order chi connectivity index (χ0) is 22.6. The first-order valence-corrected chi connectivity index (χ1v) is 14.7. The second-order valence-electron chi connectivity index (χ2n) is 10.1. The highest BCUT2D eigenvalue weighted by Gasteiger charge is 2.43. The minimum absolute atomic E-state index is 0.979. The normalized spacial score (nSPS) is 14.5. The average Bonchev–Trinajstić information content (AvgIpc) is 3.18. The van der Waals surface area contributed by atoms with Gasteiger partial charge in [-0.15, -0.1) is 0 Å². The molecule has 0 aliphatic carbocycles. The van der Waals surface area contributed by atoms with Gasteiger partial charge in [-0.1, -0.05) is 55.6 Å². The third-order valence-electron chi connectivity index (χ3n) is 7.99. The molecule has 0 saturated heterocycles. The van der Waals surface area contributed by atoms with E-state index in [1.54, 1.807) is 5.19 Å². The number of benzene rings is 4. The largest absolute Gasteiger partial charge is 0.456 e. The fraction of sp³-hybridized carbons (Fsp3) is 0.167. The molecule has 0 fully saturated rings. The van der Waals surface area contributed by atoms with E-state index >= 15 is 0 Å². The second kappa shape index (κ2) is 6.12. The molecule has 3 heterocycles. The lowest BCUT2D eigenvalue weighted by molar-refractivity contribution is -0.659. The summed E-state index contributed by atoms with van der Waals surface area (Å²) in [6, 6.07) is 22.0. The SMILES string of the molecule is Cc1c2c(c(C)c3ccccc13)[Si](C)(C)c1c3c-2[n+](C)ccc3cc2oc3ccccc3c12. The molecule has 0 amide bonds. The molecular weight excluding hydrogens is 418 g/mol. The summed E-state index contributed by atoms with van der Waals surface area (Å²) < 4.78 is 8.76. The second-order valence-corrected chi connectivity index (χ2v) is 14.4. The summed E-state index contributed by atoms with van der Waals surface area (Å²) in [6.45, 7) is 9.74. The summed E-state index contributed by atoms with van der Waals surface area (Å²) in [4.78, 5) is 0. The quantitative estimate of drug-likeness (QED) is 0.203. The van der Waals surface area contributed by atoms with Gasteiger partial charge in [0.2, 0.25) is 5.69 Å². The molecule has 2 aromatic heterocycles. The van der Waals surface area contributed by atoms with E-state index in [-0.39, 0.29) is 0 Å². The van der Waals surface area contributed by atoms with Crippen molar-refractivity contribution < 1.29 is 8.98 Å². The highest BCUT2D eigenvalue weighted by atomic mass is 28.3. The van der Waals surface area contributed by atoms with Crippen LogP contribution >= 0.6 is 0 Å². The van der Waals surface area contributed by atoms with Gasteiger partial charge in [-0.2, -0.15) is 0 Å². The van der Waals surface area contributed by atoms with Gasteiger partial charge in [-0.25, -0.2) is 4.57 Å². The molecule has 1 aliphatic heterocycles. The van der Waals surface area contributed by atoms with E-state index in [9.17, 15) is 0 Å². The molecule has 1 aliphatic rings. The number of hydrogen-bond acceptors (Lipinski definition) is 1. The topological polar surface area (TPSA) is 17.0 Å². The molecule has 0 atom stereocenters. The molecule has 0 N–H and O–H groups in total. The first-order chi connectivity index (χ1) is 15.9. The summed E-state index contributed by atoms with van der Waals surface area (Å²) in [5, 5.41) is 11.1. The smallest absolute Gasteiger partial charge is 0.220 e. The molecule has 0 saturated carbocycles. The zero-order valence-corrected chi connectivity index (χ0v) is 20.7. The Bertz CT molecular complexity index is 1820. The van der Waals surface area contributed by atoms with Crippen LogP contribution in [-0.4, -0.2) is 8.07 Å². The van der Waals surface area contributed by atoms with Gasteiger partial charge in [0.15, 0.2) is 6.20 Å². The molecule has 33 heavy (non-hydrogen) atoms. The van der Waals surface area contributed by atoms with Gasteiger partial charge in [0.05, 0.1) is 10.9 Å². The molecule has 0 radical (unpaired) electrons. The van der Waals surface area contributed by atoms with Gasteiger partial charge in [-0.3, -0.25) is 0 Å². The Balaban J connectivity index is 1.83. The van der Waals surface area contributed by atoms with Crippen molar-refractivity contribution in [2.45, 2.75) is 26.9 Å². The Morgan fingerprint density at radius 1 is 0.727 bits per heavy atom. The fourth-order valence-electron chi connectivity index (χ4n) is 6.65. The minimum atomic E-state index is -2.10. The lowest BCUT2D eigenvalue weighted by Gasteiger charge is -2.35. The van der Waals surface area contributed by atoms with E-state index in [2.05, 4.69) is 105 Å². The van der Waals surface area contributed by atoms with Crippen LogP contribution in [0, 0.1) is 13.8 Å². The van der Waals surface area contributed by atoms with Gasteiger partial charge in [0.1, 0.15) is 26.3 Å². The summed E-state index contributed by atoms with van der Waals surface area (Å²) in [5.41, 5.74) is 7.64. The number of para-hydroxylation sites is 1. The number of furan rings is 1. The minimum Gasteiger partial charge on any atom is -0.456 e. The van der Waals surface area contributed by atoms with E-state index in [0.717, 1.165) is 11.2 Å². The van der Waals surface area contributed by atoms with Crippen LogP contribution in [0.25, 0.3) is 54.7 Å². The van der Waals surface area contributed by atoms with Gasteiger partial charge in [-0.05, 0) is 63.6 Å². The van der Waals surface area contributed by atoms with Crippen molar-refractivity contribution in [3.05, 3.63) is 78.0 Å². The van der Waals surface area contributed by atoms with Gasteiger partial charge in [0, 0.05) is 16.8 Å². The van der Waals surface area contributed by atoms with Gasteiger partial charge >= 0.3 is 0 Å². The van der Waals surface area contributed by atoms with Crippen molar-refractivity contribution in [1.29, 1.82) is 0 Å². The van der Waals surface area contributed by atoms with Crippen LogP contribution < -0.4 is 14.9 Å². The van der Waals surface area contributed by atoms with E-state index in [4.69, 9.17) is 4.42 Å². The molecular formula is C30H26NOSi+. The Labute approximate surface area is 194 Å². The van der Waals surface area contributed by atoms with E-state index in [1.807, 2.05) is 0 Å². The molecule has 0 spiro atoms. The lowest BCUT2D eigenvalue weighted by Crippen LogP contribution is -2.59. The predicted molar refractivity (Wildman–Crippen MR) is 142 cm³/mol. The molecule has 6 aromatic rings. The van der Waals surface area contributed by atoms with Crippen molar-refractivity contribution in [1.82, 2.24) is 0 Å². The van der Waals surface area contributed by atoms with Crippen LogP contribution in [0.3, 0.4) is 0 Å². The molecule has 4 aromatic carbocycles. The van der Waals surface area contributed by atoms with Gasteiger partial charge < -0.3 is 4.42 Å². The lowest BCUT2D eigenvalue weighted by atomic mass is 9.91. The van der Waals surface area contributed by atoms with Crippen molar-refractivity contribution >= 4 is 61.9 Å². The number of pyridine rings is 1. The maximum absolute atomic E-state index is 6.42. The third kappa shape index (κ3) is 2.21. The number of rotatable bonds is 0. The number of aryl methyl sites for hydroxylation is 3. The van der Waals surface area contributed by atoms with E-state index in [1.165, 1.54) is 59.9 Å². The highest BCUT2D eigenvalue weighted by Crippen LogP contribution is 2.41. The molecule has 0 bridgehead atoms. The molecule has 3 heteroatoms. The number of nitrogens with zero attached hydrogens (tertiary/aromatic N) is 1. The van der Waals surface area contributed by atoms with E-state index < -0.39 is 8.07 Å². The van der Waals surface area contributed by atoms with Crippen LogP contribution in [0.1, 0.15) is 11.1 Å². The Hall–Kier alpha value is -3.43. The van der Waals surface area contributed by atoms with Crippen LogP contribution in [0.15, 0.2) is 71.3 Å². The number of aromatic nitrogens is 1. The van der Waals surface area contributed by atoms with Crippen LogP contribution in [0.2, 0.25) is 13.1 Å². The molecule has 160 valence electrons. The monoisotopic (exact) mass is 444 g/mol. The Kier molecular flexibility index (Phi) is 3.54. The first-order valence-electron chi connectivity index (χ1n) is 11.7. The first kappa shape index (κ1) is 19.1. The molecule has 0 unspecified atom stereocenters. The summed E-state index contributed by atoms with van der Waals surface area (Å²) in [5.74, 6) is 0. The summed E-state index contributed by atoms with van der Waals surface area (Å²) in [7, 11) is 0.101. The van der Waals surface area contributed by atoms with Crippen molar-refractivity contribution in [3.8, 4) is 11.3 Å². The van der Waals surface area contributed by atoms with Crippen LogP contribution in [0.4, 0.5) is 0 Å². The van der Waals surface area contributed by atoms with Crippen molar-refractivity contribution in [3.63, 3.8) is 0 Å². The maximum atomic E-state index is 6.42. The number of fused-ring (bicyclic) bond motifs is 7. The number of hydrogen-bond donors (Lipinski definition) is 0. The molecule has 7 rings (SSSR count). The van der Waals surface area contributed by atoms with Crippen molar-refractivity contribution in [2.24, 2.45) is 7.05 Å². The molecule has 2 nitrogen and oxygen atoms in total. The third-order valence-corrected chi connectivity index (χ3v) is 11.6. The van der Waals surface area contributed by atoms with Gasteiger partial charge in [0.25, 0.3) is 0 Å². The van der Waals surface area contributed by atoms with Crippen LogP contribution in [0.5, 0.6) is 0 Å². The van der Waals surface area contributed by atoms with Crippen LogP contribution in [-0.2, 0) is 7.05 Å².